The molecule has 0 aliphatic rings. The zero-order valence-electron chi connectivity index (χ0n) is 10.4. The molecule has 0 heterocycles. The van der Waals surface area contributed by atoms with Crippen molar-refractivity contribution in [3.05, 3.63) is 34.1 Å². The number of nitrogens with one attached hydrogen (secondary N) is 1. The van der Waals surface area contributed by atoms with Crippen molar-refractivity contribution >= 4 is 15.9 Å². The van der Waals surface area contributed by atoms with Gasteiger partial charge in [-0.1, -0.05) is 28.9 Å². The summed E-state index contributed by atoms with van der Waals surface area (Å²) in [7, 11) is 0. The molecule has 1 aromatic carbocycles. The van der Waals surface area contributed by atoms with Crippen LogP contribution in [0.25, 0.3) is 0 Å². The second-order valence-corrected chi connectivity index (χ2v) is 5.53. The van der Waals surface area contributed by atoms with E-state index in [1.807, 2.05) is 19.9 Å². The van der Waals surface area contributed by atoms with E-state index in [0.717, 1.165) is 4.47 Å². The van der Waals surface area contributed by atoms with E-state index >= 15 is 0 Å². The van der Waals surface area contributed by atoms with Gasteiger partial charge in [-0.2, -0.15) is 0 Å². The Kier molecular flexibility index (Phi) is 5.10. The van der Waals surface area contributed by atoms with Crippen molar-refractivity contribution in [2.75, 3.05) is 6.54 Å². The first-order valence-corrected chi connectivity index (χ1v) is 6.56. The van der Waals surface area contributed by atoms with Crippen molar-refractivity contribution in [1.82, 2.24) is 5.32 Å². The Balaban J connectivity index is 2.67. The highest BCUT2D eigenvalue weighted by Crippen LogP contribution is 2.21. The minimum Gasteiger partial charge on any atom is -0.389 e. The molecule has 4 heteroatoms. The van der Waals surface area contributed by atoms with Crippen molar-refractivity contribution in [1.29, 1.82) is 0 Å². The first kappa shape index (κ1) is 14.6. The molecule has 1 rings (SSSR count). The lowest BCUT2D eigenvalue weighted by Crippen LogP contribution is -2.38. The average Bonchev–Trinajstić information content (AvgIpc) is 2.26. The van der Waals surface area contributed by atoms with E-state index in [1.54, 1.807) is 13.0 Å². The van der Waals surface area contributed by atoms with Gasteiger partial charge in [0.2, 0.25) is 0 Å². The van der Waals surface area contributed by atoms with Gasteiger partial charge in [0, 0.05) is 22.6 Å². The third kappa shape index (κ3) is 4.37. The molecule has 0 aliphatic carbocycles. The standard InChI is InChI=1S/C13H19BrFNO/c1-4-13(3,17)8-16-9(2)11-6-5-10(14)7-12(11)15/h5-7,9,16-17H,4,8H2,1-3H3. The van der Waals surface area contributed by atoms with E-state index in [1.165, 1.54) is 6.07 Å². The van der Waals surface area contributed by atoms with Crippen molar-refractivity contribution in [3.63, 3.8) is 0 Å². The van der Waals surface area contributed by atoms with Crippen molar-refractivity contribution in [2.45, 2.75) is 38.8 Å². The highest BCUT2D eigenvalue weighted by atomic mass is 79.9. The van der Waals surface area contributed by atoms with Crippen LogP contribution < -0.4 is 5.32 Å². The summed E-state index contributed by atoms with van der Waals surface area (Å²) in [5, 5.41) is 13.0. The van der Waals surface area contributed by atoms with E-state index in [9.17, 15) is 9.50 Å². The van der Waals surface area contributed by atoms with Crippen LogP contribution in [0, 0.1) is 5.82 Å². The maximum atomic E-state index is 13.7. The molecule has 17 heavy (non-hydrogen) atoms. The molecule has 0 radical (unpaired) electrons. The topological polar surface area (TPSA) is 32.3 Å². The summed E-state index contributed by atoms with van der Waals surface area (Å²) in [5.41, 5.74) is -0.139. The maximum Gasteiger partial charge on any atom is 0.129 e. The molecule has 1 aromatic rings. The van der Waals surface area contributed by atoms with Gasteiger partial charge in [-0.05, 0) is 32.4 Å². The summed E-state index contributed by atoms with van der Waals surface area (Å²) in [5.74, 6) is -0.240. The Bertz CT molecular complexity index is 382. The average molecular weight is 304 g/mol. The molecule has 0 aliphatic heterocycles. The quantitative estimate of drug-likeness (QED) is 0.874. The lowest BCUT2D eigenvalue weighted by molar-refractivity contribution is 0.0532. The molecular weight excluding hydrogens is 285 g/mol. The summed E-state index contributed by atoms with van der Waals surface area (Å²) in [6.45, 7) is 6.02. The molecule has 0 saturated carbocycles. The molecule has 0 fully saturated rings. The zero-order valence-corrected chi connectivity index (χ0v) is 12.0. The van der Waals surface area contributed by atoms with E-state index in [-0.39, 0.29) is 11.9 Å². The lowest BCUT2D eigenvalue weighted by atomic mass is 10.0. The van der Waals surface area contributed by atoms with Gasteiger partial charge in [-0.15, -0.1) is 0 Å². The molecule has 2 N–H and O–H groups in total. The van der Waals surface area contributed by atoms with Crippen LogP contribution >= 0.6 is 15.9 Å². The van der Waals surface area contributed by atoms with Gasteiger partial charge in [-0.3, -0.25) is 0 Å². The van der Waals surface area contributed by atoms with Crippen LogP contribution in [-0.4, -0.2) is 17.3 Å². The van der Waals surface area contributed by atoms with E-state index in [4.69, 9.17) is 0 Å². The molecule has 0 bridgehead atoms. The van der Waals surface area contributed by atoms with E-state index < -0.39 is 5.60 Å². The van der Waals surface area contributed by atoms with Crippen LogP contribution in [0.15, 0.2) is 22.7 Å². The fourth-order valence-corrected chi connectivity index (χ4v) is 1.79. The Hall–Kier alpha value is -0.450. The van der Waals surface area contributed by atoms with E-state index in [0.29, 0.717) is 18.5 Å². The molecule has 0 spiro atoms. The molecular formula is C13H19BrFNO. The summed E-state index contributed by atoms with van der Waals surface area (Å²) in [6.07, 6.45) is 0.662. The molecule has 0 aromatic heterocycles. The molecule has 0 saturated heterocycles. The third-order valence-electron chi connectivity index (χ3n) is 2.98. The van der Waals surface area contributed by atoms with Gasteiger partial charge in [0.05, 0.1) is 5.60 Å². The monoisotopic (exact) mass is 303 g/mol. The summed E-state index contributed by atoms with van der Waals surface area (Å²) in [6, 6.07) is 4.89. The van der Waals surface area contributed by atoms with Gasteiger partial charge in [0.15, 0.2) is 0 Å². The van der Waals surface area contributed by atoms with Crippen molar-refractivity contribution in [3.8, 4) is 0 Å². The normalized spacial score (nSPS) is 16.6. The first-order chi connectivity index (χ1) is 7.85. The fraction of sp³-hybridized carbons (Fsp3) is 0.538. The van der Waals surface area contributed by atoms with Gasteiger partial charge < -0.3 is 10.4 Å². The van der Waals surface area contributed by atoms with Gasteiger partial charge >= 0.3 is 0 Å². The zero-order chi connectivity index (χ0) is 13.1. The highest BCUT2D eigenvalue weighted by molar-refractivity contribution is 9.10. The number of hydrogen-bond donors (Lipinski definition) is 2. The first-order valence-electron chi connectivity index (χ1n) is 5.76. The Labute approximate surface area is 110 Å². The smallest absolute Gasteiger partial charge is 0.129 e. The minimum atomic E-state index is -0.750. The van der Waals surface area contributed by atoms with Crippen LogP contribution in [0.1, 0.15) is 38.8 Å². The Morgan fingerprint density at radius 2 is 2.18 bits per heavy atom. The number of benzene rings is 1. The SMILES string of the molecule is CCC(C)(O)CNC(C)c1ccc(Br)cc1F. The lowest BCUT2D eigenvalue weighted by Gasteiger charge is -2.25. The van der Waals surface area contributed by atoms with Crippen LogP contribution in [0.5, 0.6) is 0 Å². The fourth-order valence-electron chi connectivity index (χ4n) is 1.46. The van der Waals surface area contributed by atoms with Crippen molar-refractivity contribution < 1.29 is 9.50 Å². The van der Waals surface area contributed by atoms with Gasteiger partial charge in [-0.25, -0.2) is 4.39 Å². The van der Waals surface area contributed by atoms with Gasteiger partial charge in [0.25, 0.3) is 0 Å². The molecule has 2 atom stereocenters. The van der Waals surface area contributed by atoms with Crippen LogP contribution in [0.3, 0.4) is 0 Å². The van der Waals surface area contributed by atoms with E-state index in [2.05, 4.69) is 21.2 Å². The van der Waals surface area contributed by atoms with Crippen LogP contribution in [0.4, 0.5) is 4.39 Å². The Morgan fingerprint density at radius 3 is 2.71 bits per heavy atom. The largest absolute Gasteiger partial charge is 0.389 e. The van der Waals surface area contributed by atoms with Crippen LogP contribution in [0.2, 0.25) is 0 Å². The number of rotatable bonds is 5. The minimum absolute atomic E-state index is 0.124. The predicted molar refractivity (Wildman–Crippen MR) is 71.4 cm³/mol. The summed E-state index contributed by atoms with van der Waals surface area (Å²) >= 11 is 3.23. The summed E-state index contributed by atoms with van der Waals surface area (Å²) < 4.78 is 14.4. The molecule has 2 nitrogen and oxygen atoms in total. The van der Waals surface area contributed by atoms with Crippen LogP contribution in [-0.2, 0) is 0 Å². The number of halogens is 2. The maximum absolute atomic E-state index is 13.7. The number of hydrogen-bond acceptors (Lipinski definition) is 2. The predicted octanol–water partition coefficient (Wildman–Crippen LogP) is 3.40. The van der Waals surface area contributed by atoms with Crippen molar-refractivity contribution in [2.24, 2.45) is 0 Å². The van der Waals surface area contributed by atoms with Gasteiger partial charge in [0.1, 0.15) is 5.82 Å². The Morgan fingerprint density at radius 1 is 1.53 bits per heavy atom. The summed E-state index contributed by atoms with van der Waals surface area (Å²) in [4.78, 5) is 0. The third-order valence-corrected chi connectivity index (χ3v) is 3.47. The molecule has 2 unspecified atom stereocenters. The molecule has 0 amide bonds. The number of aliphatic hydroxyl groups is 1. The second kappa shape index (κ2) is 5.94. The second-order valence-electron chi connectivity index (χ2n) is 4.62. The molecule has 96 valence electrons. The highest BCUT2D eigenvalue weighted by Gasteiger charge is 2.19.